The molecule has 2 aromatic rings. The predicted octanol–water partition coefficient (Wildman–Crippen LogP) is 2.41. The van der Waals surface area contributed by atoms with Crippen molar-refractivity contribution in [3.8, 4) is 11.5 Å². The first-order chi connectivity index (χ1) is 11.3. The van der Waals surface area contributed by atoms with E-state index in [1.807, 2.05) is 32.2 Å². The molecule has 0 aliphatic rings. The number of aryl methyl sites for hydroxylation is 1. The Morgan fingerprint density at radius 2 is 2.12 bits per heavy atom. The summed E-state index contributed by atoms with van der Waals surface area (Å²) >= 11 is 1.55. The smallest absolute Gasteiger partial charge is 0.312 e. The van der Waals surface area contributed by atoms with E-state index >= 15 is 0 Å². The van der Waals surface area contributed by atoms with Crippen molar-refractivity contribution in [3.63, 3.8) is 0 Å². The number of primary amides is 1. The molecule has 8 heteroatoms. The monoisotopic (exact) mass is 350 g/mol. The number of aromatic nitrogens is 1. The summed E-state index contributed by atoms with van der Waals surface area (Å²) in [6, 6.07) is 2.25. The van der Waals surface area contributed by atoms with Gasteiger partial charge in [-0.3, -0.25) is 4.79 Å². The van der Waals surface area contributed by atoms with Gasteiger partial charge in [-0.1, -0.05) is 13.8 Å². The first-order valence-electron chi connectivity index (χ1n) is 7.70. The van der Waals surface area contributed by atoms with Gasteiger partial charge in [0, 0.05) is 5.38 Å². The fourth-order valence-electron chi connectivity index (χ4n) is 2.26. The Morgan fingerprint density at radius 3 is 2.71 bits per heavy atom. The molecule has 0 spiro atoms. The number of hydrogen-bond donors (Lipinski definition) is 3. The summed E-state index contributed by atoms with van der Waals surface area (Å²) in [7, 11) is 0. The van der Waals surface area contributed by atoms with Crippen LogP contribution >= 0.6 is 11.3 Å². The molecule has 2 heterocycles. The highest BCUT2D eigenvalue weighted by molar-refractivity contribution is 7.09. The molecule has 2 aromatic heterocycles. The van der Waals surface area contributed by atoms with E-state index in [1.165, 1.54) is 0 Å². The number of nitrogens with zero attached hydrogens (tertiary/aromatic N) is 1. The maximum atomic E-state index is 12.2. The zero-order valence-electron chi connectivity index (χ0n) is 14.0. The van der Waals surface area contributed by atoms with Gasteiger partial charge < -0.3 is 20.8 Å². The predicted molar refractivity (Wildman–Crippen MR) is 92.4 cm³/mol. The lowest BCUT2D eigenvalue weighted by Crippen LogP contribution is -2.48. The van der Waals surface area contributed by atoms with E-state index in [0.717, 1.165) is 10.7 Å². The number of thiazole rings is 1. The van der Waals surface area contributed by atoms with Crippen LogP contribution in [0.1, 0.15) is 31.0 Å². The maximum absolute atomic E-state index is 12.2. The molecule has 0 saturated heterocycles. The molecule has 2 rings (SSSR count). The second kappa shape index (κ2) is 7.96. The molecule has 1 atom stereocenters. The molecule has 3 amide bonds. The lowest BCUT2D eigenvalue weighted by Gasteiger charge is -2.18. The third-order valence-corrected chi connectivity index (χ3v) is 4.08. The van der Waals surface area contributed by atoms with Crippen LogP contribution < -0.4 is 16.4 Å². The second-order valence-electron chi connectivity index (χ2n) is 5.93. The minimum atomic E-state index is -0.713. The number of nitrogens with one attached hydrogen (secondary N) is 2. The van der Waals surface area contributed by atoms with Gasteiger partial charge in [0.2, 0.25) is 5.91 Å². The number of rotatable bonds is 7. The van der Waals surface area contributed by atoms with Crippen molar-refractivity contribution in [2.75, 3.05) is 0 Å². The van der Waals surface area contributed by atoms with Crippen LogP contribution in [-0.2, 0) is 11.3 Å². The summed E-state index contributed by atoms with van der Waals surface area (Å²) in [6.07, 6.45) is 0.510. The van der Waals surface area contributed by atoms with Gasteiger partial charge in [-0.05, 0) is 31.4 Å². The highest BCUT2D eigenvalue weighted by Crippen LogP contribution is 2.23. The first kappa shape index (κ1) is 18.0. The summed E-state index contributed by atoms with van der Waals surface area (Å²) in [5.41, 5.74) is 5.91. The van der Waals surface area contributed by atoms with E-state index in [1.54, 1.807) is 17.4 Å². The highest BCUT2D eigenvalue weighted by Gasteiger charge is 2.21. The lowest BCUT2D eigenvalue weighted by atomic mass is 10.0. The van der Waals surface area contributed by atoms with Crippen LogP contribution in [0.15, 0.2) is 21.9 Å². The largest absolute Gasteiger partial charge is 0.458 e. The Morgan fingerprint density at radius 1 is 1.38 bits per heavy atom. The molecule has 0 aliphatic heterocycles. The van der Waals surface area contributed by atoms with E-state index in [0.29, 0.717) is 17.9 Å². The number of amides is 3. The fourth-order valence-corrected chi connectivity index (χ4v) is 2.86. The normalized spacial score (nSPS) is 12.2. The van der Waals surface area contributed by atoms with E-state index in [9.17, 15) is 9.59 Å². The molecule has 0 aliphatic carbocycles. The molecule has 1 unspecified atom stereocenters. The van der Waals surface area contributed by atoms with Gasteiger partial charge in [0.25, 0.3) is 0 Å². The SMILES string of the molecule is Cc1nc(-c2ccc(CNC(=O)C(CC(C)C)NC(N)=O)o2)cs1. The molecular formula is C16H22N4O3S. The van der Waals surface area contributed by atoms with Crippen molar-refractivity contribution in [2.45, 2.75) is 39.8 Å². The van der Waals surface area contributed by atoms with Crippen LogP contribution in [0.25, 0.3) is 11.5 Å². The van der Waals surface area contributed by atoms with E-state index in [2.05, 4.69) is 15.6 Å². The minimum absolute atomic E-state index is 0.233. The lowest BCUT2D eigenvalue weighted by molar-refractivity contribution is -0.123. The number of furan rings is 1. The van der Waals surface area contributed by atoms with Crippen molar-refractivity contribution < 1.29 is 14.0 Å². The molecule has 4 N–H and O–H groups in total. The Bertz CT molecular complexity index is 708. The zero-order valence-corrected chi connectivity index (χ0v) is 14.8. The van der Waals surface area contributed by atoms with Crippen molar-refractivity contribution in [1.82, 2.24) is 15.6 Å². The van der Waals surface area contributed by atoms with Crippen LogP contribution in [0, 0.1) is 12.8 Å². The van der Waals surface area contributed by atoms with Gasteiger partial charge in [-0.25, -0.2) is 9.78 Å². The summed E-state index contributed by atoms with van der Waals surface area (Å²) in [6.45, 7) is 6.10. The Hall–Kier alpha value is -2.35. The second-order valence-corrected chi connectivity index (χ2v) is 6.99. The number of urea groups is 1. The van der Waals surface area contributed by atoms with Gasteiger partial charge in [0.15, 0.2) is 5.76 Å². The first-order valence-corrected chi connectivity index (χ1v) is 8.58. The topological polar surface area (TPSA) is 110 Å². The van der Waals surface area contributed by atoms with Crippen LogP contribution in [0.5, 0.6) is 0 Å². The van der Waals surface area contributed by atoms with E-state index < -0.39 is 12.1 Å². The molecular weight excluding hydrogens is 328 g/mol. The number of carbonyl (C=O) groups excluding carboxylic acids is 2. The number of hydrogen-bond acceptors (Lipinski definition) is 5. The van der Waals surface area contributed by atoms with Crippen molar-refractivity contribution >= 4 is 23.3 Å². The van der Waals surface area contributed by atoms with Crippen molar-refractivity contribution in [3.05, 3.63) is 28.3 Å². The molecule has 24 heavy (non-hydrogen) atoms. The Balaban J connectivity index is 1.95. The highest BCUT2D eigenvalue weighted by atomic mass is 32.1. The summed E-state index contributed by atoms with van der Waals surface area (Å²) in [4.78, 5) is 27.6. The Labute approximate surface area is 144 Å². The number of nitrogens with two attached hydrogens (primary N) is 1. The van der Waals surface area contributed by atoms with Crippen LogP contribution in [0.3, 0.4) is 0 Å². The summed E-state index contributed by atoms with van der Waals surface area (Å²) in [5.74, 6) is 1.24. The van der Waals surface area contributed by atoms with Crippen molar-refractivity contribution in [2.24, 2.45) is 11.7 Å². The van der Waals surface area contributed by atoms with Gasteiger partial charge in [-0.15, -0.1) is 11.3 Å². The molecule has 0 radical (unpaired) electrons. The average Bonchev–Trinajstić information content (AvgIpc) is 3.11. The fraction of sp³-hybridized carbons (Fsp3) is 0.438. The van der Waals surface area contributed by atoms with Gasteiger partial charge in [-0.2, -0.15) is 0 Å². The third-order valence-electron chi connectivity index (χ3n) is 3.31. The number of carbonyl (C=O) groups is 2. The van der Waals surface area contributed by atoms with Gasteiger partial charge in [0.1, 0.15) is 17.5 Å². The summed E-state index contributed by atoms with van der Waals surface area (Å²) < 4.78 is 5.69. The third kappa shape index (κ3) is 5.09. The zero-order chi connectivity index (χ0) is 17.7. The molecule has 0 aromatic carbocycles. The van der Waals surface area contributed by atoms with E-state index in [-0.39, 0.29) is 18.4 Å². The summed E-state index contributed by atoms with van der Waals surface area (Å²) in [5, 5.41) is 8.11. The quantitative estimate of drug-likeness (QED) is 0.712. The maximum Gasteiger partial charge on any atom is 0.312 e. The molecule has 0 bridgehead atoms. The van der Waals surface area contributed by atoms with Gasteiger partial charge in [0.05, 0.1) is 11.6 Å². The molecule has 7 nitrogen and oxygen atoms in total. The molecule has 0 saturated carbocycles. The molecule has 130 valence electrons. The van der Waals surface area contributed by atoms with Crippen LogP contribution in [0.4, 0.5) is 4.79 Å². The standard InChI is InChI=1S/C16H22N4O3S/c1-9(2)6-12(20-16(17)22)15(21)18-7-11-4-5-14(23-11)13-8-24-10(3)19-13/h4-5,8-9,12H,6-7H2,1-3H3,(H,18,21)(H3,17,20,22). The molecule has 0 fully saturated rings. The minimum Gasteiger partial charge on any atom is -0.458 e. The Kier molecular flexibility index (Phi) is 5.97. The van der Waals surface area contributed by atoms with Crippen LogP contribution in [0.2, 0.25) is 0 Å². The average molecular weight is 350 g/mol. The van der Waals surface area contributed by atoms with Gasteiger partial charge >= 0.3 is 6.03 Å². The van der Waals surface area contributed by atoms with Crippen LogP contribution in [-0.4, -0.2) is 23.0 Å². The van der Waals surface area contributed by atoms with E-state index in [4.69, 9.17) is 10.2 Å². The van der Waals surface area contributed by atoms with Crippen molar-refractivity contribution in [1.29, 1.82) is 0 Å².